The van der Waals surface area contributed by atoms with Crippen LogP contribution < -0.4 is 0 Å². The average Bonchev–Trinajstić information content (AvgIpc) is 2.34. The minimum atomic E-state index is -0.161. The molecule has 4 aliphatic rings. The molecule has 0 spiro atoms. The summed E-state index contributed by atoms with van der Waals surface area (Å²) in [7, 11) is 0. The van der Waals surface area contributed by atoms with Crippen molar-refractivity contribution in [2.75, 3.05) is 26.2 Å². The number of hydrogen-bond acceptors (Lipinski definition) is 3. The third-order valence-electron chi connectivity index (χ3n) is 5.34. The van der Waals surface area contributed by atoms with Gasteiger partial charge in [-0.05, 0) is 12.5 Å². The maximum absolute atomic E-state index is 12.7. The van der Waals surface area contributed by atoms with Gasteiger partial charge in [-0.25, -0.2) is 0 Å². The minimum absolute atomic E-state index is 0.161. The van der Waals surface area contributed by atoms with Crippen LogP contribution in [0.2, 0.25) is 0 Å². The molecule has 4 aliphatic heterocycles. The van der Waals surface area contributed by atoms with E-state index in [2.05, 4.69) is 54.8 Å². The second-order valence-corrected chi connectivity index (χ2v) is 7.55. The Kier molecular flexibility index (Phi) is 2.33. The van der Waals surface area contributed by atoms with Crippen LogP contribution in [0.5, 0.6) is 0 Å². The van der Waals surface area contributed by atoms with E-state index in [4.69, 9.17) is 0 Å². The molecule has 3 heteroatoms. The predicted molar refractivity (Wildman–Crippen MR) is 78.3 cm³/mol. The summed E-state index contributed by atoms with van der Waals surface area (Å²) in [4.78, 5) is 17.7. The van der Waals surface area contributed by atoms with Gasteiger partial charge in [0.15, 0.2) is 0 Å². The number of hydrogen-bond donors (Lipinski definition) is 0. The Hall–Kier alpha value is -1.19. The molecular weight excluding hydrogens is 248 g/mol. The van der Waals surface area contributed by atoms with Gasteiger partial charge < -0.3 is 0 Å². The van der Waals surface area contributed by atoms with Crippen molar-refractivity contribution in [1.82, 2.24) is 9.80 Å². The molecule has 4 bridgehead atoms. The third kappa shape index (κ3) is 1.51. The Morgan fingerprint density at radius 1 is 1.05 bits per heavy atom. The fraction of sp³-hybridized carbons (Fsp3) is 0.588. The van der Waals surface area contributed by atoms with Gasteiger partial charge in [0.1, 0.15) is 5.78 Å². The molecule has 20 heavy (non-hydrogen) atoms. The molecule has 0 atom stereocenters. The first kappa shape index (κ1) is 12.5. The number of benzene rings is 1. The van der Waals surface area contributed by atoms with E-state index in [1.165, 1.54) is 11.1 Å². The SMILES string of the molecule is Cc1cccc(C2N3CC4(C)CN2CC(C)(C3)C4=O)c1. The number of carbonyl (C=O) groups is 1. The van der Waals surface area contributed by atoms with Gasteiger partial charge in [0.25, 0.3) is 0 Å². The number of aryl methyl sites for hydroxylation is 1. The van der Waals surface area contributed by atoms with Crippen LogP contribution in [-0.2, 0) is 4.79 Å². The summed E-state index contributed by atoms with van der Waals surface area (Å²) in [6.07, 6.45) is 0.365. The third-order valence-corrected chi connectivity index (χ3v) is 5.34. The van der Waals surface area contributed by atoms with Gasteiger partial charge in [0, 0.05) is 26.2 Å². The van der Waals surface area contributed by atoms with E-state index in [9.17, 15) is 4.79 Å². The van der Waals surface area contributed by atoms with Crippen molar-refractivity contribution in [3.63, 3.8) is 0 Å². The highest BCUT2D eigenvalue weighted by Gasteiger charge is 2.61. The highest BCUT2D eigenvalue weighted by Crippen LogP contribution is 2.51. The molecule has 0 saturated carbocycles. The largest absolute Gasteiger partial charge is 0.298 e. The van der Waals surface area contributed by atoms with Crippen LogP contribution in [0.15, 0.2) is 24.3 Å². The summed E-state index contributed by atoms with van der Waals surface area (Å²) < 4.78 is 0. The van der Waals surface area contributed by atoms with E-state index in [0.717, 1.165) is 26.2 Å². The van der Waals surface area contributed by atoms with E-state index >= 15 is 0 Å². The first-order valence-electron chi connectivity index (χ1n) is 7.51. The fourth-order valence-electron chi connectivity index (χ4n) is 4.85. The van der Waals surface area contributed by atoms with Crippen molar-refractivity contribution in [1.29, 1.82) is 0 Å². The van der Waals surface area contributed by atoms with Gasteiger partial charge in [0.2, 0.25) is 0 Å². The lowest BCUT2D eigenvalue weighted by Gasteiger charge is -2.64. The Bertz CT molecular complexity index is 554. The number of piperidine rings is 2. The Balaban J connectivity index is 1.76. The molecule has 0 N–H and O–H groups in total. The Morgan fingerprint density at radius 3 is 2.10 bits per heavy atom. The molecule has 0 radical (unpaired) electrons. The number of rotatable bonds is 1. The topological polar surface area (TPSA) is 23.6 Å². The lowest BCUT2D eigenvalue weighted by atomic mass is 9.62. The minimum Gasteiger partial charge on any atom is -0.298 e. The summed E-state index contributed by atoms with van der Waals surface area (Å²) in [6.45, 7) is 10.1. The Morgan fingerprint density at radius 2 is 1.60 bits per heavy atom. The average molecular weight is 270 g/mol. The van der Waals surface area contributed by atoms with Gasteiger partial charge in [-0.3, -0.25) is 14.6 Å². The quantitative estimate of drug-likeness (QED) is 0.782. The smallest absolute Gasteiger partial charge is 0.149 e. The van der Waals surface area contributed by atoms with Crippen LogP contribution in [-0.4, -0.2) is 41.8 Å². The first-order valence-corrected chi connectivity index (χ1v) is 7.51. The van der Waals surface area contributed by atoms with Gasteiger partial charge in [-0.2, -0.15) is 0 Å². The maximum Gasteiger partial charge on any atom is 0.149 e. The van der Waals surface area contributed by atoms with Crippen molar-refractivity contribution >= 4 is 5.78 Å². The Labute approximate surface area is 120 Å². The molecule has 4 fully saturated rings. The van der Waals surface area contributed by atoms with Gasteiger partial charge in [-0.1, -0.05) is 43.7 Å². The molecule has 0 aliphatic carbocycles. The second kappa shape index (κ2) is 3.71. The molecule has 5 rings (SSSR count). The van der Waals surface area contributed by atoms with Crippen LogP contribution in [0.25, 0.3) is 0 Å². The number of ketones is 1. The molecule has 0 amide bonds. The van der Waals surface area contributed by atoms with Crippen molar-refractivity contribution < 1.29 is 4.79 Å². The number of carbonyl (C=O) groups excluding carboxylic acids is 1. The number of nitrogens with zero attached hydrogens (tertiary/aromatic N) is 2. The van der Waals surface area contributed by atoms with E-state index in [0.29, 0.717) is 11.9 Å². The van der Waals surface area contributed by atoms with Crippen molar-refractivity contribution in [3.8, 4) is 0 Å². The van der Waals surface area contributed by atoms with Crippen LogP contribution >= 0.6 is 0 Å². The van der Waals surface area contributed by atoms with Crippen LogP contribution in [0, 0.1) is 17.8 Å². The number of Topliss-reactive ketones (excluding diaryl/α,β-unsaturated/α-hetero) is 1. The molecule has 4 heterocycles. The summed E-state index contributed by atoms with van der Waals surface area (Å²) >= 11 is 0. The summed E-state index contributed by atoms with van der Waals surface area (Å²) in [5, 5.41) is 0. The molecule has 3 nitrogen and oxygen atoms in total. The zero-order chi connectivity index (χ0) is 14.1. The monoisotopic (exact) mass is 270 g/mol. The van der Waals surface area contributed by atoms with E-state index < -0.39 is 0 Å². The van der Waals surface area contributed by atoms with E-state index in [1.54, 1.807) is 0 Å². The molecule has 0 unspecified atom stereocenters. The van der Waals surface area contributed by atoms with Crippen LogP contribution in [0.4, 0.5) is 0 Å². The lowest BCUT2D eigenvalue weighted by molar-refractivity contribution is -0.197. The molecule has 1 aromatic rings. The summed E-state index contributed by atoms with van der Waals surface area (Å²) in [6, 6.07) is 8.81. The van der Waals surface area contributed by atoms with E-state index in [1.807, 2.05) is 0 Å². The maximum atomic E-state index is 12.7. The van der Waals surface area contributed by atoms with Crippen LogP contribution in [0.3, 0.4) is 0 Å². The van der Waals surface area contributed by atoms with Crippen molar-refractivity contribution in [2.45, 2.75) is 26.9 Å². The van der Waals surface area contributed by atoms with Crippen molar-refractivity contribution in [2.24, 2.45) is 10.8 Å². The van der Waals surface area contributed by atoms with Gasteiger partial charge in [0.05, 0.1) is 17.0 Å². The highest BCUT2D eigenvalue weighted by molar-refractivity contribution is 5.92. The van der Waals surface area contributed by atoms with Gasteiger partial charge in [-0.15, -0.1) is 0 Å². The zero-order valence-electron chi connectivity index (χ0n) is 12.5. The summed E-state index contributed by atoms with van der Waals surface area (Å²) in [5.74, 6) is 0.486. The highest BCUT2D eigenvalue weighted by atomic mass is 16.1. The molecule has 4 saturated heterocycles. The molecule has 0 aromatic heterocycles. The normalized spacial score (nSPS) is 46.0. The fourth-order valence-corrected chi connectivity index (χ4v) is 4.85. The zero-order valence-corrected chi connectivity index (χ0v) is 12.5. The second-order valence-electron chi connectivity index (χ2n) is 7.55. The van der Waals surface area contributed by atoms with Crippen LogP contribution in [0.1, 0.15) is 31.1 Å². The lowest BCUT2D eigenvalue weighted by Crippen LogP contribution is -2.75. The summed E-state index contributed by atoms with van der Waals surface area (Å²) in [5.41, 5.74) is 2.37. The molecular formula is C17H22N2O. The molecule has 1 aromatic carbocycles. The standard InChI is InChI=1S/C17H22N2O/c1-12-5-4-6-13(7-12)14-18-8-16(2)9-19(14)11-17(3,10-18)15(16)20/h4-7,14H,8-11H2,1-3H3. The first-order chi connectivity index (χ1) is 9.41. The van der Waals surface area contributed by atoms with Gasteiger partial charge >= 0.3 is 0 Å². The predicted octanol–water partition coefficient (Wildman–Crippen LogP) is 2.22. The van der Waals surface area contributed by atoms with E-state index in [-0.39, 0.29) is 10.8 Å². The molecule has 106 valence electrons. The van der Waals surface area contributed by atoms with Crippen molar-refractivity contribution in [3.05, 3.63) is 35.4 Å².